The van der Waals surface area contributed by atoms with Crippen molar-refractivity contribution in [2.75, 3.05) is 30.8 Å². The van der Waals surface area contributed by atoms with Crippen molar-refractivity contribution in [1.29, 1.82) is 0 Å². The summed E-state index contributed by atoms with van der Waals surface area (Å²) in [7, 11) is 1.62. The highest BCUT2D eigenvalue weighted by molar-refractivity contribution is 7.80. The highest BCUT2D eigenvalue weighted by Gasteiger charge is 2.03. The Bertz CT molecular complexity index is 689. The van der Waals surface area contributed by atoms with Crippen LogP contribution in [0.5, 0.6) is 5.75 Å². The van der Waals surface area contributed by atoms with Gasteiger partial charge < -0.3 is 20.7 Å². The first-order valence-electron chi connectivity index (χ1n) is 7.26. The third kappa shape index (κ3) is 5.40. The van der Waals surface area contributed by atoms with Gasteiger partial charge in [-0.25, -0.2) is 0 Å². The molecule has 8 heteroatoms. The van der Waals surface area contributed by atoms with Gasteiger partial charge in [-0.2, -0.15) is 0 Å². The standard InChI is InChI=1S/C16H18N4O3S/c1-23-15-8-4-13(5-9-15)19-16(24)18-11-10-17-12-2-6-14(7-3-12)20(21)22/h2-9,17H,10-11H2,1H3,(H2,18,19,24). The Morgan fingerprint density at radius 3 is 2.29 bits per heavy atom. The quantitative estimate of drug-likeness (QED) is 0.307. The Morgan fingerprint density at radius 1 is 1.08 bits per heavy atom. The zero-order valence-electron chi connectivity index (χ0n) is 13.1. The summed E-state index contributed by atoms with van der Waals surface area (Å²) >= 11 is 5.22. The van der Waals surface area contributed by atoms with Gasteiger partial charge in [-0.1, -0.05) is 0 Å². The number of benzene rings is 2. The number of nitro groups is 1. The van der Waals surface area contributed by atoms with Gasteiger partial charge in [0.2, 0.25) is 0 Å². The van der Waals surface area contributed by atoms with Crippen LogP contribution in [-0.4, -0.2) is 30.2 Å². The fourth-order valence-corrected chi connectivity index (χ4v) is 2.15. The molecular weight excluding hydrogens is 328 g/mol. The van der Waals surface area contributed by atoms with Gasteiger partial charge in [0.15, 0.2) is 5.11 Å². The summed E-state index contributed by atoms with van der Waals surface area (Å²) in [6.45, 7) is 1.24. The Labute approximate surface area is 145 Å². The monoisotopic (exact) mass is 346 g/mol. The zero-order chi connectivity index (χ0) is 17.4. The van der Waals surface area contributed by atoms with Crippen molar-refractivity contribution < 1.29 is 9.66 Å². The molecule has 2 aromatic rings. The van der Waals surface area contributed by atoms with Gasteiger partial charge in [0.05, 0.1) is 12.0 Å². The van der Waals surface area contributed by atoms with Crippen molar-refractivity contribution >= 4 is 34.4 Å². The van der Waals surface area contributed by atoms with E-state index in [9.17, 15) is 10.1 Å². The minimum atomic E-state index is -0.422. The van der Waals surface area contributed by atoms with Crippen LogP contribution in [0.25, 0.3) is 0 Å². The zero-order valence-corrected chi connectivity index (χ0v) is 13.9. The number of ether oxygens (including phenoxy) is 1. The van der Waals surface area contributed by atoms with E-state index >= 15 is 0 Å². The molecule has 0 aliphatic heterocycles. The average molecular weight is 346 g/mol. The molecule has 0 spiro atoms. The van der Waals surface area contributed by atoms with Crippen LogP contribution in [0, 0.1) is 10.1 Å². The molecule has 0 saturated carbocycles. The lowest BCUT2D eigenvalue weighted by atomic mass is 10.3. The number of thiocarbonyl (C=S) groups is 1. The van der Waals surface area contributed by atoms with Crippen molar-refractivity contribution in [3.63, 3.8) is 0 Å². The second-order valence-corrected chi connectivity index (χ2v) is 5.25. The summed E-state index contributed by atoms with van der Waals surface area (Å²) in [5, 5.41) is 20.4. The molecule has 0 aliphatic carbocycles. The SMILES string of the molecule is COc1ccc(NC(=S)NCCNc2ccc([N+](=O)[O-])cc2)cc1. The Kier molecular flexibility index (Phi) is 6.32. The largest absolute Gasteiger partial charge is 0.497 e. The molecule has 0 heterocycles. The number of rotatable bonds is 7. The van der Waals surface area contributed by atoms with Crippen LogP contribution in [0.15, 0.2) is 48.5 Å². The highest BCUT2D eigenvalue weighted by atomic mass is 32.1. The molecule has 0 aliphatic rings. The topological polar surface area (TPSA) is 88.5 Å². The molecule has 0 aromatic heterocycles. The fraction of sp³-hybridized carbons (Fsp3) is 0.188. The molecule has 0 fully saturated rings. The van der Waals surface area contributed by atoms with Gasteiger partial charge in [-0.15, -0.1) is 0 Å². The first-order chi connectivity index (χ1) is 11.6. The van der Waals surface area contributed by atoms with E-state index in [1.807, 2.05) is 24.3 Å². The van der Waals surface area contributed by atoms with Crippen LogP contribution in [0.4, 0.5) is 17.1 Å². The van der Waals surface area contributed by atoms with Crippen molar-refractivity contribution in [1.82, 2.24) is 5.32 Å². The van der Waals surface area contributed by atoms with Crippen LogP contribution >= 0.6 is 12.2 Å². The third-order valence-electron chi connectivity index (χ3n) is 3.17. The van der Waals surface area contributed by atoms with Gasteiger partial charge in [-0.3, -0.25) is 10.1 Å². The Morgan fingerprint density at radius 2 is 1.71 bits per heavy atom. The second kappa shape index (κ2) is 8.68. The molecule has 0 saturated heterocycles. The molecule has 0 unspecified atom stereocenters. The predicted molar refractivity (Wildman–Crippen MR) is 98.8 cm³/mol. The summed E-state index contributed by atoms with van der Waals surface area (Å²) in [6.07, 6.45) is 0. The average Bonchev–Trinajstić information content (AvgIpc) is 2.60. The van der Waals surface area contributed by atoms with Gasteiger partial charge in [0, 0.05) is 36.6 Å². The molecule has 2 rings (SSSR count). The van der Waals surface area contributed by atoms with Crippen molar-refractivity contribution in [3.05, 3.63) is 58.6 Å². The summed E-state index contributed by atoms with van der Waals surface area (Å²) in [5.41, 5.74) is 1.76. The van der Waals surface area contributed by atoms with Crippen LogP contribution in [0.2, 0.25) is 0 Å². The van der Waals surface area contributed by atoms with E-state index in [0.29, 0.717) is 18.2 Å². The van der Waals surface area contributed by atoms with E-state index in [0.717, 1.165) is 17.1 Å². The second-order valence-electron chi connectivity index (χ2n) is 4.84. The number of nitro benzene ring substituents is 1. The van der Waals surface area contributed by atoms with Crippen LogP contribution in [0.1, 0.15) is 0 Å². The summed E-state index contributed by atoms with van der Waals surface area (Å²) in [6, 6.07) is 13.7. The number of nitrogens with zero attached hydrogens (tertiary/aromatic N) is 1. The van der Waals surface area contributed by atoms with E-state index in [1.54, 1.807) is 19.2 Å². The van der Waals surface area contributed by atoms with Crippen molar-refractivity contribution in [2.24, 2.45) is 0 Å². The van der Waals surface area contributed by atoms with Crippen LogP contribution in [0.3, 0.4) is 0 Å². The van der Waals surface area contributed by atoms with E-state index in [4.69, 9.17) is 17.0 Å². The lowest BCUT2D eigenvalue weighted by Crippen LogP contribution is -2.32. The first kappa shape index (κ1) is 17.5. The molecule has 126 valence electrons. The predicted octanol–water partition coefficient (Wildman–Crippen LogP) is 3.00. The summed E-state index contributed by atoms with van der Waals surface area (Å²) < 4.78 is 5.09. The highest BCUT2D eigenvalue weighted by Crippen LogP contribution is 2.15. The minimum Gasteiger partial charge on any atom is -0.497 e. The maximum absolute atomic E-state index is 10.6. The van der Waals surface area contributed by atoms with Gasteiger partial charge in [0.25, 0.3) is 5.69 Å². The lowest BCUT2D eigenvalue weighted by molar-refractivity contribution is -0.384. The molecule has 2 aromatic carbocycles. The minimum absolute atomic E-state index is 0.0727. The van der Waals surface area contributed by atoms with E-state index in [1.165, 1.54) is 12.1 Å². The van der Waals surface area contributed by atoms with Gasteiger partial charge in [0.1, 0.15) is 5.75 Å². The smallest absolute Gasteiger partial charge is 0.269 e. The Balaban J connectivity index is 1.69. The molecule has 0 bridgehead atoms. The number of methoxy groups -OCH3 is 1. The molecular formula is C16H18N4O3S. The first-order valence-corrected chi connectivity index (χ1v) is 7.66. The maximum atomic E-state index is 10.6. The number of hydrogen-bond acceptors (Lipinski definition) is 5. The molecule has 3 N–H and O–H groups in total. The number of nitrogens with one attached hydrogen (secondary N) is 3. The normalized spacial score (nSPS) is 9.88. The fourth-order valence-electron chi connectivity index (χ4n) is 1.93. The van der Waals surface area contributed by atoms with Crippen LogP contribution < -0.4 is 20.7 Å². The summed E-state index contributed by atoms with van der Waals surface area (Å²) in [4.78, 5) is 10.2. The van der Waals surface area contributed by atoms with Gasteiger partial charge >= 0.3 is 0 Å². The van der Waals surface area contributed by atoms with E-state index < -0.39 is 4.92 Å². The number of hydrogen-bond donors (Lipinski definition) is 3. The van der Waals surface area contributed by atoms with E-state index in [-0.39, 0.29) is 5.69 Å². The Hall–Kier alpha value is -2.87. The third-order valence-corrected chi connectivity index (χ3v) is 3.41. The van der Waals surface area contributed by atoms with Crippen molar-refractivity contribution in [3.8, 4) is 5.75 Å². The number of non-ortho nitro benzene ring substituents is 1. The molecule has 7 nitrogen and oxygen atoms in total. The molecule has 0 amide bonds. The lowest BCUT2D eigenvalue weighted by Gasteiger charge is -2.12. The van der Waals surface area contributed by atoms with E-state index in [2.05, 4.69) is 16.0 Å². The molecule has 0 radical (unpaired) electrons. The van der Waals surface area contributed by atoms with Gasteiger partial charge in [-0.05, 0) is 48.6 Å². The molecule has 0 atom stereocenters. The maximum Gasteiger partial charge on any atom is 0.269 e. The molecule has 24 heavy (non-hydrogen) atoms. The van der Waals surface area contributed by atoms with Crippen LogP contribution in [-0.2, 0) is 0 Å². The summed E-state index contributed by atoms with van der Waals surface area (Å²) in [5.74, 6) is 0.784. The van der Waals surface area contributed by atoms with Crippen molar-refractivity contribution in [2.45, 2.75) is 0 Å². The number of anilines is 2.